The molecule has 0 spiro atoms. The van der Waals surface area contributed by atoms with Crippen molar-refractivity contribution in [1.29, 1.82) is 0 Å². The summed E-state index contributed by atoms with van der Waals surface area (Å²) in [6, 6.07) is 3.79. The van der Waals surface area contributed by atoms with Crippen molar-refractivity contribution >= 4 is 72.6 Å². The molecular formula is C8H2BrCl2IN2. The molecule has 0 amide bonds. The molecule has 0 saturated heterocycles. The van der Waals surface area contributed by atoms with E-state index in [9.17, 15) is 0 Å². The predicted molar refractivity (Wildman–Crippen MR) is 70.0 cm³/mol. The molecule has 0 saturated carbocycles. The quantitative estimate of drug-likeness (QED) is 0.372. The summed E-state index contributed by atoms with van der Waals surface area (Å²) in [7, 11) is 0. The second kappa shape index (κ2) is 4.08. The molecule has 2 rings (SSSR count). The van der Waals surface area contributed by atoms with Crippen molar-refractivity contribution in [2.75, 3.05) is 0 Å². The van der Waals surface area contributed by atoms with Gasteiger partial charge in [-0.2, -0.15) is 0 Å². The summed E-state index contributed by atoms with van der Waals surface area (Å²) < 4.78 is 2.03. The van der Waals surface area contributed by atoms with Gasteiger partial charge in [-0.05, 0) is 62.3 Å². The van der Waals surface area contributed by atoms with Crippen LogP contribution in [0.2, 0.25) is 10.4 Å². The molecule has 0 atom stereocenters. The number of hydrogen-bond acceptors (Lipinski definition) is 2. The highest BCUT2D eigenvalue weighted by Gasteiger charge is 2.07. The molecule has 0 radical (unpaired) electrons. The van der Waals surface area contributed by atoms with Crippen LogP contribution >= 0.6 is 61.7 Å². The van der Waals surface area contributed by atoms with Crippen LogP contribution in [0.25, 0.3) is 10.9 Å². The molecule has 2 nitrogen and oxygen atoms in total. The van der Waals surface area contributed by atoms with Gasteiger partial charge in [0.05, 0.1) is 5.52 Å². The van der Waals surface area contributed by atoms with Crippen molar-refractivity contribution in [2.45, 2.75) is 0 Å². The molecule has 2 aromatic rings. The van der Waals surface area contributed by atoms with Gasteiger partial charge in [0, 0.05) is 13.4 Å². The summed E-state index contributed by atoms with van der Waals surface area (Å²) in [5.74, 6) is 0. The van der Waals surface area contributed by atoms with Gasteiger partial charge in [0.15, 0.2) is 0 Å². The van der Waals surface area contributed by atoms with Crippen LogP contribution in [0, 0.1) is 3.57 Å². The van der Waals surface area contributed by atoms with E-state index in [1.807, 2.05) is 12.1 Å². The second-order valence-corrected chi connectivity index (χ2v) is 5.28. The molecule has 1 aromatic carbocycles. The van der Waals surface area contributed by atoms with E-state index in [0.717, 1.165) is 18.9 Å². The van der Waals surface area contributed by atoms with Gasteiger partial charge in [-0.25, -0.2) is 9.97 Å². The summed E-state index contributed by atoms with van der Waals surface area (Å²) >= 11 is 17.2. The molecule has 6 heteroatoms. The van der Waals surface area contributed by atoms with Crippen molar-refractivity contribution in [2.24, 2.45) is 0 Å². The van der Waals surface area contributed by atoms with Crippen LogP contribution in [-0.2, 0) is 0 Å². The zero-order valence-electron chi connectivity index (χ0n) is 6.56. The molecule has 0 aliphatic carbocycles. The van der Waals surface area contributed by atoms with Gasteiger partial charge in [0.25, 0.3) is 0 Å². The zero-order chi connectivity index (χ0) is 10.3. The van der Waals surface area contributed by atoms with E-state index in [-0.39, 0.29) is 5.28 Å². The normalized spacial score (nSPS) is 10.9. The third-order valence-electron chi connectivity index (χ3n) is 1.66. The molecule has 0 aliphatic heterocycles. The number of hydrogen-bond donors (Lipinski definition) is 0. The van der Waals surface area contributed by atoms with Crippen LogP contribution in [0.5, 0.6) is 0 Å². The van der Waals surface area contributed by atoms with Crippen molar-refractivity contribution in [3.05, 3.63) is 30.6 Å². The number of benzene rings is 1. The third-order valence-corrected chi connectivity index (χ3v) is 4.41. The first-order valence-corrected chi connectivity index (χ1v) is 6.18. The maximum atomic E-state index is 5.93. The van der Waals surface area contributed by atoms with E-state index in [1.165, 1.54) is 0 Å². The zero-order valence-corrected chi connectivity index (χ0v) is 11.8. The molecule has 14 heavy (non-hydrogen) atoms. The Labute approximate surface area is 112 Å². The van der Waals surface area contributed by atoms with Gasteiger partial charge in [-0.3, -0.25) is 0 Å². The van der Waals surface area contributed by atoms with Crippen LogP contribution in [0.3, 0.4) is 0 Å². The van der Waals surface area contributed by atoms with Crippen molar-refractivity contribution in [3.8, 4) is 0 Å². The Morgan fingerprint density at radius 1 is 1.21 bits per heavy atom. The minimum absolute atomic E-state index is 0.163. The summed E-state index contributed by atoms with van der Waals surface area (Å²) in [5, 5.41) is 1.35. The second-order valence-electron chi connectivity index (χ2n) is 2.57. The highest BCUT2D eigenvalue weighted by molar-refractivity contribution is 14.1. The molecule has 0 fully saturated rings. The van der Waals surface area contributed by atoms with E-state index in [0.29, 0.717) is 5.15 Å². The lowest BCUT2D eigenvalue weighted by atomic mass is 10.2. The first-order valence-electron chi connectivity index (χ1n) is 3.56. The third kappa shape index (κ3) is 1.98. The van der Waals surface area contributed by atoms with Crippen LogP contribution in [-0.4, -0.2) is 9.97 Å². The number of fused-ring (bicyclic) bond motifs is 1. The maximum Gasteiger partial charge on any atom is 0.224 e. The highest BCUT2D eigenvalue weighted by atomic mass is 127. The molecule has 0 aliphatic rings. The standard InChI is InChI=1S/C8H2BrCl2IN2/c9-4-2-6-3(1-5(4)12)7(10)14-8(11)13-6/h1-2H. The SMILES string of the molecule is Clc1nc(Cl)c2cc(I)c(Br)cc2n1. The molecule has 0 N–H and O–H groups in total. The number of halogens is 4. The fourth-order valence-corrected chi connectivity index (χ4v) is 2.31. The van der Waals surface area contributed by atoms with Crippen molar-refractivity contribution < 1.29 is 0 Å². The molecule has 0 unspecified atom stereocenters. The lowest BCUT2D eigenvalue weighted by molar-refractivity contribution is 1.22. The summed E-state index contributed by atoms with van der Waals surface area (Å²) in [4.78, 5) is 7.95. The summed E-state index contributed by atoms with van der Waals surface area (Å²) in [6.45, 7) is 0. The van der Waals surface area contributed by atoms with Crippen LogP contribution in [0.4, 0.5) is 0 Å². The van der Waals surface area contributed by atoms with E-state index in [2.05, 4.69) is 48.5 Å². The highest BCUT2D eigenvalue weighted by Crippen LogP contribution is 2.28. The van der Waals surface area contributed by atoms with Crippen LogP contribution in [0.1, 0.15) is 0 Å². The smallest absolute Gasteiger partial charge is 0.218 e. The maximum absolute atomic E-state index is 5.93. The van der Waals surface area contributed by atoms with Gasteiger partial charge in [-0.15, -0.1) is 0 Å². The number of rotatable bonds is 0. The van der Waals surface area contributed by atoms with Gasteiger partial charge in [-0.1, -0.05) is 11.6 Å². The summed E-state index contributed by atoms with van der Waals surface area (Å²) in [5.41, 5.74) is 0.738. The Balaban J connectivity index is 2.89. The predicted octanol–water partition coefficient (Wildman–Crippen LogP) is 4.30. The molecular weight excluding hydrogens is 402 g/mol. The van der Waals surface area contributed by atoms with E-state index >= 15 is 0 Å². The average Bonchev–Trinajstić information content (AvgIpc) is 2.08. The molecule has 0 bridgehead atoms. The fraction of sp³-hybridized carbons (Fsp3) is 0. The average molecular weight is 404 g/mol. The van der Waals surface area contributed by atoms with Gasteiger partial charge in [0.1, 0.15) is 5.15 Å². The summed E-state index contributed by atoms with van der Waals surface area (Å²) in [6.07, 6.45) is 0. The Morgan fingerprint density at radius 3 is 2.64 bits per heavy atom. The van der Waals surface area contributed by atoms with E-state index in [4.69, 9.17) is 23.2 Å². The van der Waals surface area contributed by atoms with E-state index < -0.39 is 0 Å². The Bertz CT molecular complexity index is 518. The van der Waals surface area contributed by atoms with E-state index in [1.54, 1.807) is 0 Å². The number of nitrogens with zero attached hydrogens (tertiary/aromatic N) is 2. The Morgan fingerprint density at radius 2 is 1.93 bits per heavy atom. The largest absolute Gasteiger partial charge is 0.224 e. The Kier molecular flexibility index (Phi) is 3.16. The first kappa shape index (κ1) is 10.9. The Hall–Kier alpha value is 0.350. The fourth-order valence-electron chi connectivity index (χ4n) is 1.06. The van der Waals surface area contributed by atoms with Gasteiger partial charge >= 0.3 is 0 Å². The minimum atomic E-state index is 0.163. The first-order chi connectivity index (χ1) is 6.58. The van der Waals surface area contributed by atoms with Crippen LogP contribution in [0.15, 0.2) is 16.6 Å². The molecule has 72 valence electrons. The van der Waals surface area contributed by atoms with Crippen molar-refractivity contribution in [3.63, 3.8) is 0 Å². The monoisotopic (exact) mass is 402 g/mol. The van der Waals surface area contributed by atoms with Gasteiger partial charge in [0.2, 0.25) is 5.28 Å². The molecule has 1 aromatic heterocycles. The minimum Gasteiger partial charge on any atom is -0.218 e. The van der Waals surface area contributed by atoms with Crippen molar-refractivity contribution in [1.82, 2.24) is 9.97 Å². The molecule has 1 heterocycles. The lowest BCUT2D eigenvalue weighted by Crippen LogP contribution is -1.88. The van der Waals surface area contributed by atoms with Gasteiger partial charge < -0.3 is 0 Å². The topological polar surface area (TPSA) is 25.8 Å². The number of aromatic nitrogens is 2. The van der Waals surface area contributed by atoms with Crippen LogP contribution < -0.4 is 0 Å². The lowest BCUT2D eigenvalue weighted by Gasteiger charge is -2.02.